The predicted molar refractivity (Wildman–Crippen MR) is 196 cm³/mol. The van der Waals surface area contributed by atoms with Crippen molar-refractivity contribution in [2.24, 2.45) is 17.8 Å². The summed E-state index contributed by atoms with van der Waals surface area (Å²) in [5.74, 6) is -1.72. The maximum absolute atomic E-state index is 13.9. The highest BCUT2D eigenvalue weighted by molar-refractivity contribution is 7.92. The third-order valence-corrected chi connectivity index (χ3v) is 9.87. The van der Waals surface area contributed by atoms with Crippen LogP contribution in [0.5, 0.6) is 0 Å². The third-order valence-electron chi connectivity index (χ3n) is 8.66. The van der Waals surface area contributed by atoms with E-state index in [0.717, 1.165) is 27.3 Å². The number of carbonyl (C=O) groups is 3. The van der Waals surface area contributed by atoms with E-state index in [2.05, 4.69) is 16.0 Å². The highest BCUT2D eigenvalue weighted by Gasteiger charge is 2.31. The molecule has 0 spiro atoms. The highest BCUT2D eigenvalue weighted by atomic mass is 32.2. The number of benzene rings is 3. The van der Waals surface area contributed by atoms with Gasteiger partial charge in [-0.1, -0.05) is 89.7 Å². The second-order valence-corrected chi connectivity index (χ2v) is 15.5. The highest BCUT2D eigenvalue weighted by Crippen LogP contribution is 2.27. The Morgan fingerprint density at radius 2 is 1.56 bits per heavy atom. The van der Waals surface area contributed by atoms with Crippen molar-refractivity contribution >= 4 is 33.4 Å². The van der Waals surface area contributed by atoms with Crippen molar-refractivity contribution in [1.82, 2.24) is 16.0 Å². The Morgan fingerprint density at radius 3 is 2.16 bits per heavy atom. The number of fused-ring (bicyclic) bond motifs is 4. The van der Waals surface area contributed by atoms with Crippen LogP contribution < -0.4 is 20.3 Å². The maximum Gasteiger partial charge on any atom is 0.252 e. The van der Waals surface area contributed by atoms with Gasteiger partial charge in [0.15, 0.2) is 0 Å². The van der Waals surface area contributed by atoms with Gasteiger partial charge >= 0.3 is 0 Å². The van der Waals surface area contributed by atoms with E-state index in [9.17, 15) is 27.9 Å². The number of amides is 3. The van der Waals surface area contributed by atoms with Gasteiger partial charge in [-0.15, -0.1) is 0 Å². The molecule has 2 unspecified atom stereocenters. The molecule has 272 valence electrons. The summed E-state index contributed by atoms with van der Waals surface area (Å²) in [5, 5.41) is 20.4. The van der Waals surface area contributed by atoms with Crippen LogP contribution in [-0.2, 0) is 26.2 Å². The monoisotopic (exact) mass is 708 g/mol. The lowest BCUT2D eigenvalue weighted by Crippen LogP contribution is -2.48. The molecule has 4 rings (SSSR count). The maximum atomic E-state index is 13.9. The number of ether oxygens (including phenoxy) is 1. The van der Waals surface area contributed by atoms with Gasteiger partial charge in [-0.3, -0.25) is 18.7 Å². The van der Waals surface area contributed by atoms with Crippen LogP contribution in [0.1, 0.15) is 85.0 Å². The Bertz CT molecular complexity index is 1730. The first-order chi connectivity index (χ1) is 23.1. The molecule has 0 aromatic heterocycles. The van der Waals surface area contributed by atoms with E-state index in [4.69, 9.17) is 4.74 Å². The molecular formula is C38H52N4O7S. The summed E-state index contributed by atoms with van der Waals surface area (Å²) < 4.78 is 32.2. The zero-order valence-electron chi connectivity index (χ0n) is 29.0. The summed E-state index contributed by atoms with van der Waals surface area (Å²) in [7, 11) is -2.42. The molecule has 4 N–H and O–H groups in total. The first-order valence-electron chi connectivity index (χ1n) is 16.5. The molecule has 0 fully saturated rings. The van der Waals surface area contributed by atoms with E-state index in [0.29, 0.717) is 6.54 Å². The number of aliphatic hydroxyl groups excluding tert-OH is 1. The number of nitrogens with zero attached hydrogens (tertiary/aromatic N) is 1. The van der Waals surface area contributed by atoms with Gasteiger partial charge in [0.1, 0.15) is 0 Å². The van der Waals surface area contributed by atoms with E-state index in [1.165, 1.54) is 25.2 Å². The molecule has 3 amide bonds. The lowest BCUT2D eigenvalue weighted by atomic mass is 9.87. The molecule has 4 bridgehead atoms. The van der Waals surface area contributed by atoms with Crippen molar-refractivity contribution in [2.45, 2.75) is 66.3 Å². The standard InChI is InChI=1S/C37H48N4O7S.CH4/c1-23(2)20-38-37(45)31(24(3)4)19-33(42)32-22-48-21-25-11-10-14-27(15-25)34(26-12-8-7-9-13-26)40-36(44)29-16-28(35(43)39-32)17-30(18-29)41(5)49(6,46)47;/h7-18,23-24,31-34,42H,19-22H2,1-6H3,(H,38,45)(H,39,43)(H,40,44);1H4/t31-,32?,33-,34?;/m0./s1. The van der Waals surface area contributed by atoms with Crippen LogP contribution in [0.2, 0.25) is 0 Å². The number of sulfonamides is 1. The summed E-state index contributed by atoms with van der Waals surface area (Å²) in [6, 6.07) is 19.7. The van der Waals surface area contributed by atoms with Crippen LogP contribution in [0.3, 0.4) is 0 Å². The molecule has 50 heavy (non-hydrogen) atoms. The fourth-order valence-electron chi connectivity index (χ4n) is 5.67. The van der Waals surface area contributed by atoms with Gasteiger partial charge in [-0.05, 0) is 53.1 Å². The minimum atomic E-state index is -3.76. The van der Waals surface area contributed by atoms with Crippen molar-refractivity contribution in [1.29, 1.82) is 0 Å². The van der Waals surface area contributed by atoms with Crippen molar-refractivity contribution in [3.63, 3.8) is 0 Å². The molecular weight excluding hydrogens is 657 g/mol. The molecule has 11 nitrogen and oxygen atoms in total. The predicted octanol–water partition coefficient (Wildman–Crippen LogP) is 4.66. The molecule has 0 saturated carbocycles. The third kappa shape index (κ3) is 10.6. The van der Waals surface area contributed by atoms with Gasteiger partial charge in [0.05, 0.1) is 43.3 Å². The summed E-state index contributed by atoms with van der Waals surface area (Å²) in [4.78, 5) is 40.9. The molecule has 1 aliphatic heterocycles. The van der Waals surface area contributed by atoms with Gasteiger partial charge in [0.2, 0.25) is 15.9 Å². The minimum absolute atomic E-state index is 0. The molecule has 3 aromatic rings. The molecule has 12 heteroatoms. The van der Waals surface area contributed by atoms with Crippen molar-refractivity contribution < 1.29 is 32.6 Å². The van der Waals surface area contributed by atoms with E-state index in [1.54, 1.807) is 0 Å². The first kappa shape index (κ1) is 40.2. The van der Waals surface area contributed by atoms with Gasteiger partial charge in [0, 0.05) is 30.6 Å². The fraction of sp³-hybridized carbons (Fsp3) is 0.447. The fourth-order valence-corrected chi connectivity index (χ4v) is 6.16. The summed E-state index contributed by atoms with van der Waals surface area (Å²) in [6.07, 6.45) is -0.0795. The second kappa shape index (κ2) is 17.6. The van der Waals surface area contributed by atoms with Gasteiger partial charge in [-0.2, -0.15) is 0 Å². The largest absolute Gasteiger partial charge is 0.391 e. The topological polar surface area (TPSA) is 154 Å². The normalized spacial score (nSPS) is 18.1. The number of nitrogens with one attached hydrogen (secondary N) is 3. The van der Waals surface area contributed by atoms with E-state index in [-0.39, 0.29) is 61.6 Å². The SMILES string of the molecule is C.CC(C)CNC(=O)[C@@H](C[C@H](O)C1COCc2cccc(c2)C(c2ccccc2)NC(=O)c2cc(cc(N(C)S(C)(=O)=O)c2)C(=O)N1)C(C)C. The number of aliphatic hydroxyl groups is 1. The molecule has 0 saturated heterocycles. The van der Waals surface area contributed by atoms with E-state index in [1.807, 2.05) is 82.3 Å². The Balaban J connectivity index is 0.00000676. The number of hydrogen-bond acceptors (Lipinski definition) is 7. The van der Waals surface area contributed by atoms with E-state index >= 15 is 0 Å². The average Bonchev–Trinajstić information content (AvgIpc) is 3.06. The quantitative estimate of drug-likeness (QED) is 0.239. The van der Waals surface area contributed by atoms with Crippen molar-refractivity contribution in [2.75, 3.05) is 30.8 Å². The Hall–Kier alpha value is -4.26. The Kier molecular flexibility index (Phi) is 14.1. The number of carbonyl (C=O) groups excluding carboxylic acids is 3. The van der Waals surface area contributed by atoms with Gasteiger partial charge < -0.3 is 25.8 Å². The van der Waals surface area contributed by atoms with E-state index < -0.39 is 45.9 Å². The van der Waals surface area contributed by atoms with Crippen LogP contribution in [0.25, 0.3) is 0 Å². The lowest BCUT2D eigenvalue weighted by molar-refractivity contribution is -0.128. The lowest BCUT2D eigenvalue weighted by Gasteiger charge is -2.29. The average molecular weight is 709 g/mol. The second-order valence-electron chi connectivity index (χ2n) is 13.4. The molecule has 3 aromatic carbocycles. The van der Waals surface area contributed by atoms with Crippen molar-refractivity contribution in [3.05, 3.63) is 101 Å². The molecule has 1 aliphatic rings. The first-order valence-corrected chi connectivity index (χ1v) is 18.4. The number of anilines is 1. The number of hydrogen-bond donors (Lipinski definition) is 4. The van der Waals surface area contributed by atoms with Crippen LogP contribution in [0.4, 0.5) is 5.69 Å². The molecule has 0 aliphatic carbocycles. The molecule has 0 radical (unpaired) electrons. The van der Waals surface area contributed by atoms with Crippen molar-refractivity contribution in [3.8, 4) is 0 Å². The zero-order valence-corrected chi connectivity index (χ0v) is 29.8. The van der Waals surface area contributed by atoms with Crippen LogP contribution in [0.15, 0.2) is 72.8 Å². The smallest absolute Gasteiger partial charge is 0.252 e. The van der Waals surface area contributed by atoms with Gasteiger partial charge in [-0.25, -0.2) is 8.42 Å². The van der Waals surface area contributed by atoms with Crippen LogP contribution in [-0.4, -0.2) is 69.8 Å². The Labute approximate surface area is 296 Å². The summed E-state index contributed by atoms with van der Waals surface area (Å²) in [6.45, 7) is 8.39. The summed E-state index contributed by atoms with van der Waals surface area (Å²) >= 11 is 0. The van der Waals surface area contributed by atoms with Gasteiger partial charge in [0.25, 0.3) is 11.8 Å². The Morgan fingerprint density at radius 1 is 0.940 bits per heavy atom. The van der Waals surface area contributed by atoms with Crippen LogP contribution in [0, 0.1) is 17.8 Å². The minimum Gasteiger partial charge on any atom is -0.391 e. The van der Waals surface area contributed by atoms with Crippen LogP contribution >= 0.6 is 0 Å². The number of rotatable bonds is 10. The molecule has 4 atom stereocenters. The zero-order chi connectivity index (χ0) is 35.9. The summed E-state index contributed by atoms with van der Waals surface area (Å²) in [5.41, 5.74) is 2.61. The molecule has 1 heterocycles.